The summed E-state index contributed by atoms with van der Waals surface area (Å²) in [5.41, 5.74) is -0.887. The Morgan fingerprint density at radius 2 is 1.86 bits per heavy atom. The Hall–Kier alpha value is -1.92. The molecule has 0 spiro atoms. The van der Waals surface area contributed by atoms with Gasteiger partial charge in [-0.15, -0.1) is 0 Å². The van der Waals surface area contributed by atoms with Crippen LogP contribution in [-0.2, 0) is 20.9 Å². The normalized spacial score (nSPS) is 14.9. The Morgan fingerprint density at radius 3 is 2.36 bits per heavy atom. The Balaban J connectivity index is 2.56. The van der Waals surface area contributed by atoms with Gasteiger partial charge in [-0.05, 0) is 18.9 Å². The SMILES string of the molecule is CN(C)C(=O)[C@@](C)(C(=O)O)[C@H](O)CCOCc1ccccc1. The van der Waals surface area contributed by atoms with Gasteiger partial charge >= 0.3 is 5.97 Å². The van der Waals surface area contributed by atoms with Gasteiger partial charge in [-0.2, -0.15) is 0 Å². The first kappa shape index (κ1) is 18.1. The average molecular weight is 309 g/mol. The summed E-state index contributed by atoms with van der Waals surface area (Å²) in [7, 11) is 2.92. The number of carbonyl (C=O) groups is 2. The van der Waals surface area contributed by atoms with E-state index >= 15 is 0 Å². The number of benzene rings is 1. The summed E-state index contributed by atoms with van der Waals surface area (Å²) < 4.78 is 5.43. The smallest absolute Gasteiger partial charge is 0.321 e. The van der Waals surface area contributed by atoms with E-state index in [-0.39, 0.29) is 13.0 Å². The van der Waals surface area contributed by atoms with Crippen molar-refractivity contribution in [2.24, 2.45) is 5.41 Å². The van der Waals surface area contributed by atoms with Crippen LogP contribution in [0.4, 0.5) is 0 Å². The molecule has 1 amide bonds. The van der Waals surface area contributed by atoms with E-state index in [1.54, 1.807) is 0 Å². The van der Waals surface area contributed by atoms with Gasteiger partial charge in [-0.25, -0.2) is 0 Å². The van der Waals surface area contributed by atoms with E-state index < -0.39 is 23.4 Å². The van der Waals surface area contributed by atoms with Crippen molar-refractivity contribution < 1.29 is 24.5 Å². The largest absolute Gasteiger partial charge is 0.480 e. The topological polar surface area (TPSA) is 87.1 Å². The number of nitrogens with zero attached hydrogens (tertiary/aromatic N) is 1. The number of hydrogen-bond acceptors (Lipinski definition) is 4. The molecule has 0 aromatic heterocycles. The molecule has 6 nitrogen and oxygen atoms in total. The molecule has 0 heterocycles. The van der Waals surface area contributed by atoms with Crippen molar-refractivity contribution >= 4 is 11.9 Å². The Kier molecular flexibility index (Phi) is 6.52. The average Bonchev–Trinajstić information content (AvgIpc) is 2.50. The van der Waals surface area contributed by atoms with Crippen LogP contribution in [0.25, 0.3) is 0 Å². The number of carbonyl (C=O) groups excluding carboxylic acids is 1. The number of aliphatic hydroxyl groups excluding tert-OH is 1. The number of aliphatic carboxylic acids is 1. The van der Waals surface area contributed by atoms with E-state index in [0.717, 1.165) is 5.56 Å². The number of hydrogen-bond donors (Lipinski definition) is 2. The number of carboxylic acids is 1. The summed E-state index contributed by atoms with van der Waals surface area (Å²) in [6, 6.07) is 9.51. The van der Waals surface area contributed by atoms with Crippen molar-refractivity contribution in [1.29, 1.82) is 0 Å². The van der Waals surface area contributed by atoms with Crippen molar-refractivity contribution in [3.63, 3.8) is 0 Å². The van der Waals surface area contributed by atoms with Gasteiger partial charge in [0.1, 0.15) is 0 Å². The van der Waals surface area contributed by atoms with Crippen molar-refractivity contribution in [3.05, 3.63) is 35.9 Å². The lowest BCUT2D eigenvalue weighted by Crippen LogP contribution is -2.51. The molecule has 0 saturated heterocycles. The molecule has 1 rings (SSSR count). The van der Waals surface area contributed by atoms with Gasteiger partial charge in [0.2, 0.25) is 5.91 Å². The van der Waals surface area contributed by atoms with Gasteiger partial charge in [0.25, 0.3) is 0 Å². The third-order valence-electron chi connectivity index (χ3n) is 3.61. The highest BCUT2D eigenvalue weighted by molar-refractivity contribution is 6.02. The van der Waals surface area contributed by atoms with E-state index in [1.165, 1.54) is 25.9 Å². The van der Waals surface area contributed by atoms with Crippen LogP contribution in [0.1, 0.15) is 18.9 Å². The number of ether oxygens (including phenoxy) is 1. The summed E-state index contributed by atoms with van der Waals surface area (Å²) in [6.07, 6.45) is -1.26. The van der Waals surface area contributed by atoms with E-state index in [4.69, 9.17) is 4.74 Å². The molecule has 0 aliphatic heterocycles. The molecule has 2 atom stereocenters. The third kappa shape index (κ3) is 4.29. The fourth-order valence-electron chi connectivity index (χ4n) is 2.09. The zero-order valence-electron chi connectivity index (χ0n) is 13.2. The molecule has 0 aliphatic carbocycles. The molecule has 122 valence electrons. The van der Waals surface area contributed by atoms with Crippen LogP contribution in [0.15, 0.2) is 30.3 Å². The van der Waals surface area contributed by atoms with E-state index in [0.29, 0.717) is 6.61 Å². The first-order chi connectivity index (χ1) is 10.3. The quantitative estimate of drug-likeness (QED) is 0.555. The lowest BCUT2D eigenvalue weighted by Gasteiger charge is -2.31. The molecule has 2 N–H and O–H groups in total. The third-order valence-corrected chi connectivity index (χ3v) is 3.61. The molecule has 6 heteroatoms. The minimum absolute atomic E-state index is 0.0647. The molecule has 0 radical (unpaired) electrons. The van der Waals surface area contributed by atoms with Gasteiger partial charge in [0, 0.05) is 20.7 Å². The standard InChI is InChI=1S/C16H23NO5/c1-16(15(20)21,14(19)17(2)3)13(18)9-10-22-11-12-7-5-4-6-8-12/h4-8,13,18H,9-11H2,1-3H3,(H,20,21)/t13-,16+/m1/s1. The van der Waals surface area contributed by atoms with Crippen LogP contribution < -0.4 is 0 Å². The van der Waals surface area contributed by atoms with Crippen LogP contribution in [0, 0.1) is 5.41 Å². The monoisotopic (exact) mass is 309 g/mol. The first-order valence-corrected chi connectivity index (χ1v) is 7.05. The van der Waals surface area contributed by atoms with Crippen molar-refractivity contribution in [2.45, 2.75) is 26.1 Å². The number of aliphatic hydroxyl groups is 1. The predicted octanol–water partition coefficient (Wildman–Crippen LogP) is 1.13. The summed E-state index contributed by atoms with van der Waals surface area (Å²) in [6.45, 7) is 1.78. The maximum atomic E-state index is 12.0. The second-order valence-corrected chi connectivity index (χ2v) is 5.55. The van der Waals surface area contributed by atoms with Crippen LogP contribution in [-0.4, -0.2) is 53.8 Å². The molecule has 0 aliphatic rings. The molecule has 1 aromatic rings. The Morgan fingerprint density at radius 1 is 1.27 bits per heavy atom. The fourth-order valence-corrected chi connectivity index (χ4v) is 2.09. The van der Waals surface area contributed by atoms with Crippen LogP contribution in [0.2, 0.25) is 0 Å². The highest BCUT2D eigenvalue weighted by Gasteiger charge is 2.48. The van der Waals surface area contributed by atoms with Gasteiger partial charge in [0.15, 0.2) is 5.41 Å². The molecular formula is C16H23NO5. The van der Waals surface area contributed by atoms with E-state index in [2.05, 4.69) is 0 Å². The second-order valence-electron chi connectivity index (χ2n) is 5.55. The second kappa shape index (κ2) is 7.91. The van der Waals surface area contributed by atoms with E-state index in [1.807, 2.05) is 30.3 Å². The molecule has 0 bridgehead atoms. The first-order valence-electron chi connectivity index (χ1n) is 7.05. The minimum atomic E-state index is -1.88. The predicted molar refractivity (Wildman–Crippen MR) is 81.2 cm³/mol. The number of amides is 1. The van der Waals surface area contributed by atoms with Crippen LogP contribution in [0.5, 0.6) is 0 Å². The molecule has 0 unspecified atom stereocenters. The van der Waals surface area contributed by atoms with Crippen molar-refractivity contribution in [1.82, 2.24) is 4.90 Å². The molecule has 1 aromatic carbocycles. The maximum Gasteiger partial charge on any atom is 0.321 e. The summed E-state index contributed by atoms with van der Waals surface area (Å²) in [5, 5.41) is 19.5. The van der Waals surface area contributed by atoms with Gasteiger partial charge < -0.3 is 19.8 Å². The zero-order chi connectivity index (χ0) is 16.8. The van der Waals surface area contributed by atoms with Gasteiger partial charge in [-0.3, -0.25) is 9.59 Å². The molecule has 0 saturated carbocycles. The maximum absolute atomic E-state index is 12.0. The Labute approximate surface area is 130 Å². The zero-order valence-corrected chi connectivity index (χ0v) is 13.2. The lowest BCUT2D eigenvalue weighted by atomic mass is 9.81. The highest BCUT2D eigenvalue weighted by atomic mass is 16.5. The number of rotatable bonds is 8. The molecule has 0 fully saturated rings. The van der Waals surface area contributed by atoms with E-state index in [9.17, 15) is 19.8 Å². The van der Waals surface area contributed by atoms with Gasteiger partial charge in [-0.1, -0.05) is 30.3 Å². The number of carboxylic acid groups (broad SMARTS) is 1. The van der Waals surface area contributed by atoms with Crippen LogP contribution >= 0.6 is 0 Å². The summed E-state index contributed by atoms with van der Waals surface area (Å²) >= 11 is 0. The minimum Gasteiger partial charge on any atom is -0.480 e. The summed E-state index contributed by atoms with van der Waals surface area (Å²) in [5.74, 6) is -1.99. The van der Waals surface area contributed by atoms with Crippen molar-refractivity contribution in [2.75, 3.05) is 20.7 Å². The highest BCUT2D eigenvalue weighted by Crippen LogP contribution is 2.26. The van der Waals surface area contributed by atoms with Crippen LogP contribution in [0.3, 0.4) is 0 Å². The fraction of sp³-hybridized carbons (Fsp3) is 0.500. The van der Waals surface area contributed by atoms with Crippen molar-refractivity contribution in [3.8, 4) is 0 Å². The molecular weight excluding hydrogens is 286 g/mol. The Bertz CT molecular complexity index is 503. The van der Waals surface area contributed by atoms with Gasteiger partial charge in [0.05, 0.1) is 12.7 Å². The summed E-state index contributed by atoms with van der Waals surface area (Å²) in [4.78, 5) is 24.6. The molecule has 22 heavy (non-hydrogen) atoms. The lowest BCUT2D eigenvalue weighted by molar-refractivity contribution is -0.167.